The van der Waals surface area contributed by atoms with Crippen molar-refractivity contribution in [3.63, 3.8) is 0 Å². The number of hydrogen-bond donors (Lipinski definition) is 0. The Balaban J connectivity index is 1.01. The molecule has 516 valence electrons. The average molecular weight is 1590 g/mol. The number of thiophene rings is 6. The molecule has 0 radical (unpaired) electrons. The zero-order chi connectivity index (χ0) is 71.3. The standard InChI is InChI=1S/C90H79Br2N3O2S6/c1-8-12-16-20-24-54-28-36-58(37-29-54)89(59-38-30-55(31-39-59)25-21-17-13-9-2)70-49-65-71(48-64(70)83-79(89)85-73(102-83)46-62(100-85)44-66-75(53(5)94-6)68-51-98-87(91)77(68)81(66)96)90(60-40-32-56(33-41-60)26-22-18-14-10-3,61-42-34-57(35-43-61)27-23-19-15-11-4)80-84(65)103-74-47-63(101-86(74)80)45-67-76(72(50-93)95-7)69-52-99-88(92)78(69)82(67)97/h28-49,51-52H,8-27H2,1-5H3/b66-44?,67-45?,75-53+,76-72-. The molecule has 15 rings (SSSR count). The van der Waals surface area contributed by atoms with Crippen molar-refractivity contribution in [2.24, 2.45) is 0 Å². The molecule has 4 aliphatic carbocycles. The first-order valence-corrected chi connectivity index (χ1v) is 43.3. The molecule has 0 bridgehead atoms. The summed E-state index contributed by atoms with van der Waals surface area (Å²) in [5.74, 6) is -0.235. The Morgan fingerprint density at radius 3 is 1.15 bits per heavy atom. The maximum atomic E-state index is 14.7. The lowest BCUT2D eigenvalue weighted by Gasteiger charge is -2.36. The SMILES string of the molecule is [C-]#[N+]/C(C#N)=C1/C(=Cc2cc3sc4c(c3s2)C(c2ccc(CCCCCC)cc2)(c2ccc(CCCCCC)cc2)c2cc3c(cc2-4)C(c2ccc(CCCCCC)cc2)(c2ccc(CCCCCC)cc2)c2c-3sc3cc(C=C4C(=O)c5c(csc5Br)/C4=C(\C)[N+]#[C-])sc23)C(=O)c2c1csc2Br. The first-order chi connectivity index (χ1) is 50.3. The van der Waals surface area contributed by atoms with Gasteiger partial charge in [-0.3, -0.25) is 9.59 Å². The zero-order valence-corrected chi connectivity index (χ0v) is 66.9. The number of fused-ring (bicyclic) bond motifs is 12. The second kappa shape index (κ2) is 30.2. The smallest absolute Gasteiger partial charge is 0.270 e. The molecular weight excluding hydrogens is 1510 g/mol. The molecule has 5 aromatic carbocycles. The number of hydrogen-bond acceptors (Lipinski definition) is 9. The fraction of sp³-hybridized carbons (Fsp3) is 0.300. The number of Topliss-reactive ketones (excluding diaryl/α,β-unsaturated/α-hetero) is 2. The minimum Gasteiger partial charge on any atom is -0.289 e. The minimum absolute atomic E-state index is 0.0526. The van der Waals surface area contributed by atoms with E-state index in [1.807, 2.05) is 46.4 Å². The van der Waals surface area contributed by atoms with E-state index in [9.17, 15) is 14.9 Å². The molecule has 5 nitrogen and oxygen atoms in total. The van der Waals surface area contributed by atoms with Gasteiger partial charge in [-0.15, -0.1) is 68.0 Å². The number of nitriles is 1. The van der Waals surface area contributed by atoms with Crippen molar-refractivity contribution in [3.05, 3.63) is 284 Å². The Morgan fingerprint density at radius 1 is 0.466 bits per heavy atom. The maximum Gasteiger partial charge on any atom is 0.270 e. The fourth-order valence-electron chi connectivity index (χ4n) is 16.8. The van der Waals surface area contributed by atoms with Crippen molar-refractivity contribution >= 4 is 154 Å². The molecule has 0 unspecified atom stereocenters. The van der Waals surface area contributed by atoms with E-state index in [4.69, 9.17) is 13.1 Å². The van der Waals surface area contributed by atoms with Crippen LogP contribution in [0, 0.1) is 24.5 Å². The summed E-state index contributed by atoms with van der Waals surface area (Å²) in [5, 5.41) is 14.3. The number of allylic oxidation sites excluding steroid dienone is 6. The van der Waals surface area contributed by atoms with Gasteiger partial charge in [-0.05, 0) is 221 Å². The lowest BCUT2D eigenvalue weighted by Crippen LogP contribution is -2.30. The van der Waals surface area contributed by atoms with Crippen molar-refractivity contribution in [1.82, 2.24) is 0 Å². The van der Waals surface area contributed by atoms with Crippen molar-refractivity contribution in [2.45, 2.75) is 174 Å². The van der Waals surface area contributed by atoms with Crippen molar-refractivity contribution < 1.29 is 9.59 Å². The summed E-state index contributed by atoms with van der Waals surface area (Å²) < 4.78 is 6.15. The van der Waals surface area contributed by atoms with Crippen LogP contribution < -0.4 is 0 Å². The molecule has 13 heteroatoms. The molecule has 0 N–H and O–H groups in total. The van der Waals surface area contributed by atoms with Crippen LogP contribution in [0.5, 0.6) is 0 Å². The van der Waals surface area contributed by atoms with Gasteiger partial charge in [-0.1, -0.05) is 202 Å². The highest BCUT2D eigenvalue weighted by atomic mass is 79.9. The monoisotopic (exact) mass is 1580 g/mol. The summed E-state index contributed by atoms with van der Waals surface area (Å²) in [5.41, 5.74) is 21.2. The van der Waals surface area contributed by atoms with E-state index < -0.39 is 10.8 Å². The fourth-order valence-corrected chi connectivity index (χ4v) is 25.1. The van der Waals surface area contributed by atoms with Crippen LogP contribution in [0.4, 0.5) is 0 Å². The van der Waals surface area contributed by atoms with E-state index in [-0.39, 0.29) is 17.3 Å². The lowest BCUT2D eigenvalue weighted by molar-refractivity contribution is 0.103. The zero-order valence-electron chi connectivity index (χ0n) is 58.9. The topological polar surface area (TPSA) is 66.7 Å². The largest absolute Gasteiger partial charge is 0.289 e. The number of nitrogens with zero attached hydrogens (tertiary/aromatic N) is 3. The van der Waals surface area contributed by atoms with Gasteiger partial charge in [-0.25, -0.2) is 15.0 Å². The van der Waals surface area contributed by atoms with E-state index in [0.29, 0.717) is 42.9 Å². The number of carbonyl (C=O) groups is 2. The molecule has 103 heavy (non-hydrogen) atoms. The predicted octanol–water partition coefficient (Wildman–Crippen LogP) is 28.5. The van der Waals surface area contributed by atoms with Crippen LogP contribution >= 0.6 is 99.9 Å². The molecule has 0 amide bonds. The van der Waals surface area contributed by atoms with Crippen LogP contribution in [-0.2, 0) is 36.5 Å². The van der Waals surface area contributed by atoms with Gasteiger partial charge in [0.05, 0.1) is 58.1 Å². The number of rotatable bonds is 26. The van der Waals surface area contributed by atoms with Gasteiger partial charge < -0.3 is 0 Å². The van der Waals surface area contributed by atoms with Crippen molar-refractivity contribution in [2.75, 3.05) is 0 Å². The highest BCUT2D eigenvalue weighted by molar-refractivity contribution is 9.11. The first kappa shape index (κ1) is 71.2. The number of ketones is 2. The van der Waals surface area contributed by atoms with Gasteiger partial charge in [0.15, 0.2) is 17.3 Å². The Kier molecular flexibility index (Phi) is 20.9. The number of benzene rings is 5. The predicted molar refractivity (Wildman–Crippen MR) is 446 cm³/mol. The van der Waals surface area contributed by atoms with Crippen LogP contribution in [0.15, 0.2) is 162 Å². The highest BCUT2D eigenvalue weighted by Crippen LogP contribution is 2.68. The quantitative estimate of drug-likeness (QED) is 0.0235. The number of aryl methyl sites for hydroxylation is 4. The van der Waals surface area contributed by atoms with Crippen LogP contribution in [0.3, 0.4) is 0 Å². The molecule has 11 aromatic rings. The van der Waals surface area contributed by atoms with Gasteiger partial charge in [0.25, 0.3) is 5.70 Å². The second-order valence-electron chi connectivity index (χ2n) is 28.2. The number of unbranched alkanes of at least 4 members (excludes halogenated alkanes) is 12. The van der Waals surface area contributed by atoms with Crippen LogP contribution in [0.25, 0.3) is 72.7 Å². The van der Waals surface area contributed by atoms with Gasteiger partial charge in [0, 0.05) is 56.8 Å². The molecule has 6 heterocycles. The summed E-state index contributed by atoms with van der Waals surface area (Å²) >= 11 is 17.5. The first-order valence-electron chi connectivity index (χ1n) is 36.7. The molecule has 4 aliphatic rings. The average Bonchev–Trinajstić information content (AvgIpc) is 1.49. The lowest BCUT2D eigenvalue weighted by atomic mass is 9.65. The third-order valence-corrected chi connectivity index (χ3v) is 30.1. The summed E-state index contributed by atoms with van der Waals surface area (Å²) in [6.45, 7) is 27.3. The second-order valence-corrected chi connectivity index (χ2v) is 36.8. The van der Waals surface area contributed by atoms with Crippen LogP contribution in [-0.4, -0.2) is 11.6 Å². The molecule has 0 aliphatic heterocycles. The highest BCUT2D eigenvalue weighted by Gasteiger charge is 2.55. The minimum atomic E-state index is -0.812. The molecule has 0 saturated carbocycles. The van der Waals surface area contributed by atoms with Gasteiger partial charge in [-0.2, -0.15) is 0 Å². The maximum absolute atomic E-state index is 14.7. The van der Waals surface area contributed by atoms with E-state index in [1.165, 1.54) is 197 Å². The Morgan fingerprint density at radius 2 is 0.816 bits per heavy atom. The van der Waals surface area contributed by atoms with Gasteiger partial charge >= 0.3 is 0 Å². The Bertz CT molecular complexity index is 5310. The molecule has 0 saturated heterocycles. The molecule has 0 atom stereocenters. The number of halogens is 2. The molecule has 0 spiro atoms. The van der Waals surface area contributed by atoms with Gasteiger partial charge in [0.2, 0.25) is 0 Å². The third-order valence-electron chi connectivity index (χ3n) is 21.9. The summed E-state index contributed by atoms with van der Waals surface area (Å²) in [6, 6.07) is 50.7. The summed E-state index contributed by atoms with van der Waals surface area (Å²) in [6.07, 6.45) is 27.1. The third kappa shape index (κ3) is 12.3. The molecular formula is C90H79Br2N3O2S6. The van der Waals surface area contributed by atoms with Crippen LogP contribution in [0.1, 0.15) is 246 Å². The van der Waals surface area contributed by atoms with Crippen molar-refractivity contribution in [1.29, 1.82) is 5.26 Å². The van der Waals surface area contributed by atoms with E-state index in [2.05, 4.69) is 203 Å². The Labute approximate surface area is 647 Å². The summed E-state index contributed by atoms with van der Waals surface area (Å²) in [4.78, 5) is 41.4. The molecule has 0 fully saturated rings. The van der Waals surface area contributed by atoms with Crippen molar-refractivity contribution in [3.8, 4) is 27.0 Å². The van der Waals surface area contributed by atoms with Gasteiger partial charge in [0.1, 0.15) is 0 Å². The van der Waals surface area contributed by atoms with Crippen LogP contribution in [0.2, 0.25) is 0 Å². The molecule has 6 aromatic heterocycles. The summed E-state index contributed by atoms with van der Waals surface area (Å²) in [7, 11) is 0. The normalized spacial score (nSPS) is 16.2. The number of carbonyl (C=O) groups excluding carboxylic acids is 2. The van der Waals surface area contributed by atoms with E-state index in [1.54, 1.807) is 22.7 Å². The van der Waals surface area contributed by atoms with E-state index >= 15 is 0 Å². The Hall–Kier alpha value is -7.45. The van der Waals surface area contributed by atoms with E-state index in [0.717, 1.165) is 85.4 Å².